The van der Waals surface area contributed by atoms with Crippen molar-refractivity contribution in [3.05, 3.63) is 0 Å². The van der Waals surface area contributed by atoms with Gasteiger partial charge in [-0.15, -0.1) is 0 Å². The Balaban J connectivity index is 1.64. The number of hydrogen-bond donors (Lipinski definition) is 1. The number of likely N-dealkylation sites (tertiary alicyclic amines) is 1. The molecule has 86 valence electrons. The van der Waals surface area contributed by atoms with Crippen molar-refractivity contribution in [1.82, 2.24) is 4.90 Å². The third-order valence-corrected chi connectivity index (χ3v) is 5.16. The van der Waals surface area contributed by atoms with Crippen LogP contribution in [-0.4, -0.2) is 30.6 Å². The Bertz CT molecular complexity index is 233. The fourth-order valence-electron chi connectivity index (χ4n) is 4.20. The van der Waals surface area contributed by atoms with Gasteiger partial charge in [-0.05, 0) is 50.0 Å². The topological polar surface area (TPSA) is 29.3 Å². The van der Waals surface area contributed by atoms with E-state index in [9.17, 15) is 0 Å². The van der Waals surface area contributed by atoms with Gasteiger partial charge in [-0.2, -0.15) is 0 Å². The molecule has 2 atom stereocenters. The predicted molar refractivity (Wildman–Crippen MR) is 62.7 cm³/mol. The van der Waals surface area contributed by atoms with Crippen molar-refractivity contribution >= 4 is 0 Å². The maximum absolute atomic E-state index is 6.02. The second kappa shape index (κ2) is 3.74. The minimum Gasteiger partial charge on any atom is -0.330 e. The largest absolute Gasteiger partial charge is 0.330 e. The van der Waals surface area contributed by atoms with Crippen LogP contribution >= 0.6 is 0 Å². The minimum absolute atomic E-state index is 0.504. The van der Waals surface area contributed by atoms with Gasteiger partial charge in [0.2, 0.25) is 0 Å². The van der Waals surface area contributed by atoms with Crippen LogP contribution in [0.1, 0.15) is 44.9 Å². The van der Waals surface area contributed by atoms with Crippen LogP contribution < -0.4 is 5.73 Å². The van der Waals surface area contributed by atoms with E-state index in [4.69, 9.17) is 5.73 Å². The highest BCUT2D eigenvalue weighted by molar-refractivity contribution is 4.97. The summed E-state index contributed by atoms with van der Waals surface area (Å²) in [6, 6.07) is 0.930. The number of piperidine rings is 1. The third kappa shape index (κ3) is 1.72. The van der Waals surface area contributed by atoms with E-state index < -0.39 is 0 Å². The van der Waals surface area contributed by atoms with Crippen LogP contribution in [0.4, 0.5) is 0 Å². The molecule has 0 radical (unpaired) electrons. The van der Waals surface area contributed by atoms with Gasteiger partial charge in [-0.3, -0.25) is 4.90 Å². The van der Waals surface area contributed by atoms with Gasteiger partial charge in [-0.25, -0.2) is 0 Å². The second-order valence-electron chi connectivity index (χ2n) is 6.17. The zero-order chi connectivity index (χ0) is 10.3. The molecule has 3 aliphatic rings. The zero-order valence-electron chi connectivity index (χ0n) is 9.75. The van der Waals surface area contributed by atoms with E-state index in [1.54, 1.807) is 0 Å². The molecule has 2 saturated carbocycles. The molecule has 0 aromatic carbocycles. The smallest absolute Gasteiger partial charge is 0.00988 e. The van der Waals surface area contributed by atoms with Crippen molar-refractivity contribution in [3.8, 4) is 0 Å². The summed E-state index contributed by atoms with van der Waals surface area (Å²) in [5.74, 6) is 1.03. The summed E-state index contributed by atoms with van der Waals surface area (Å²) < 4.78 is 0. The van der Waals surface area contributed by atoms with E-state index in [1.807, 2.05) is 0 Å². The molecule has 2 bridgehead atoms. The quantitative estimate of drug-likeness (QED) is 0.768. The van der Waals surface area contributed by atoms with Gasteiger partial charge in [0.25, 0.3) is 0 Å². The summed E-state index contributed by atoms with van der Waals surface area (Å²) in [6.45, 7) is 3.61. The van der Waals surface area contributed by atoms with E-state index in [0.717, 1.165) is 18.5 Å². The summed E-state index contributed by atoms with van der Waals surface area (Å²) in [5.41, 5.74) is 6.52. The lowest BCUT2D eigenvalue weighted by molar-refractivity contribution is 0.126. The van der Waals surface area contributed by atoms with Crippen LogP contribution in [0, 0.1) is 11.3 Å². The zero-order valence-corrected chi connectivity index (χ0v) is 9.75. The number of nitrogens with zero attached hydrogens (tertiary/aromatic N) is 1. The Morgan fingerprint density at radius 2 is 2.00 bits per heavy atom. The SMILES string of the molecule is NCC1(CN2CC3CCC2C3)CCCC1. The van der Waals surface area contributed by atoms with Crippen molar-refractivity contribution < 1.29 is 0 Å². The molecule has 1 saturated heterocycles. The Morgan fingerprint density at radius 1 is 1.20 bits per heavy atom. The average molecular weight is 208 g/mol. The second-order valence-corrected chi connectivity index (χ2v) is 6.17. The monoisotopic (exact) mass is 208 g/mol. The molecule has 2 heteroatoms. The van der Waals surface area contributed by atoms with E-state index >= 15 is 0 Å². The fourth-order valence-corrected chi connectivity index (χ4v) is 4.20. The molecule has 2 aliphatic carbocycles. The van der Waals surface area contributed by atoms with Crippen LogP contribution in [0.5, 0.6) is 0 Å². The first-order chi connectivity index (χ1) is 7.31. The first-order valence-corrected chi connectivity index (χ1v) is 6.75. The van der Waals surface area contributed by atoms with E-state index in [0.29, 0.717) is 5.41 Å². The maximum Gasteiger partial charge on any atom is 0.00988 e. The van der Waals surface area contributed by atoms with Gasteiger partial charge in [0.05, 0.1) is 0 Å². The van der Waals surface area contributed by atoms with Crippen LogP contribution in [-0.2, 0) is 0 Å². The Hall–Kier alpha value is -0.0800. The Labute approximate surface area is 93.2 Å². The van der Waals surface area contributed by atoms with E-state index in [2.05, 4.69) is 4.90 Å². The van der Waals surface area contributed by atoms with Crippen molar-refractivity contribution in [1.29, 1.82) is 0 Å². The van der Waals surface area contributed by atoms with Gasteiger partial charge in [-0.1, -0.05) is 12.8 Å². The fraction of sp³-hybridized carbons (Fsp3) is 1.00. The molecular weight excluding hydrogens is 184 g/mol. The molecule has 2 nitrogen and oxygen atoms in total. The first-order valence-electron chi connectivity index (χ1n) is 6.75. The normalized spacial score (nSPS) is 39.0. The van der Waals surface area contributed by atoms with E-state index in [1.165, 1.54) is 58.0 Å². The maximum atomic E-state index is 6.02. The molecule has 2 unspecified atom stereocenters. The molecule has 1 aliphatic heterocycles. The summed E-state index contributed by atoms with van der Waals surface area (Å²) in [5, 5.41) is 0. The standard InChI is InChI=1S/C13H24N2/c14-9-13(5-1-2-6-13)10-15-8-11-3-4-12(15)7-11/h11-12H,1-10,14H2. The van der Waals surface area contributed by atoms with Gasteiger partial charge in [0.15, 0.2) is 0 Å². The van der Waals surface area contributed by atoms with Crippen LogP contribution in [0.3, 0.4) is 0 Å². The van der Waals surface area contributed by atoms with Crippen molar-refractivity contribution in [3.63, 3.8) is 0 Å². The first kappa shape index (κ1) is 10.1. The van der Waals surface area contributed by atoms with Gasteiger partial charge in [0.1, 0.15) is 0 Å². The average Bonchev–Trinajstić information content (AvgIpc) is 2.93. The molecule has 0 amide bonds. The van der Waals surface area contributed by atoms with Crippen LogP contribution in [0.2, 0.25) is 0 Å². The Morgan fingerprint density at radius 3 is 2.53 bits per heavy atom. The molecule has 0 aromatic rings. The molecule has 2 N–H and O–H groups in total. The van der Waals surface area contributed by atoms with Crippen molar-refractivity contribution in [2.24, 2.45) is 17.1 Å². The van der Waals surface area contributed by atoms with Crippen LogP contribution in [0.15, 0.2) is 0 Å². The van der Waals surface area contributed by atoms with Gasteiger partial charge >= 0.3 is 0 Å². The predicted octanol–water partition coefficient (Wildman–Crippen LogP) is 1.99. The summed E-state index contributed by atoms with van der Waals surface area (Å²) in [6.07, 6.45) is 10.1. The molecular formula is C13H24N2. The minimum atomic E-state index is 0.504. The van der Waals surface area contributed by atoms with Crippen LogP contribution in [0.25, 0.3) is 0 Å². The number of hydrogen-bond acceptors (Lipinski definition) is 2. The van der Waals surface area contributed by atoms with Gasteiger partial charge < -0.3 is 5.73 Å². The highest BCUT2D eigenvalue weighted by Gasteiger charge is 2.42. The summed E-state index contributed by atoms with van der Waals surface area (Å²) in [7, 11) is 0. The molecule has 0 spiro atoms. The summed E-state index contributed by atoms with van der Waals surface area (Å²) >= 11 is 0. The summed E-state index contributed by atoms with van der Waals surface area (Å²) in [4.78, 5) is 2.77. The number of rotatable bonds is 3. The van der Waals surface area contributed by atoms with Crippen molar-refractivity contribution in [2.45, 2.75) is 51.0 Å². The lowest BCUT2D eigenvalue weighted by Crippen LogP contribution is -2.44. The molecule has 0 aromatic heterocycles. The number of fused-ring (bicyclic) bond motifs is 2. The molecule has 15 heavy (non-hydrogen) atoms. The molecule has 1 heterocycles. The lowest BCUT2D eigenvalue weighted by atomic mass is 9.85. The third-order valence-electron chi connectivity index (χ3n) is 5.16. The highest BCUT2D eigenvalue weighted by Crippen LogP contribution is 2.43. The van der Waals surface area contributed by atoms with E-state index in [-0.39, 0.29) is 0 Å². The Kier molecular flexibility index (Phi) is 2.52. The lowest BCUT2D eigenvalue weighted by Gasteiger charge is -2.36. The highest BCUT2D eigenvalue weighted by atomic mass is 15.2. The molecule has 3 fully saturated rings. The van der Waals surface area contributed by atoms with Gasteiger partial charge in [0, 0.05) is 19.1 Å². The van der Waals surface area contributed by atoms with Crippen molar-refractivity contribution in [2.75, 3.05) is 19.6 Å². The number of nitrogens with two attached hydrogens (primary N) is 1. The molecule has 3 rings (SSSR count).